The second-order valence-corrected chi connectivity index (χ2v) is 9.53. The van der Waals surface area contributed by atoms with Crippen molar-refractivity contribution < 1.29 is 28.9 Å². The van der Waals surface area contributed by atoms with Gasteiger partial charge in [0.2, 0.25) is 0 Å². The van der Waals surface area contributed by atoms with Gasteiger partial charge in [-0.3, -0.25) is 9.59 Å². The Morgan fingerprint density at radius 2 is 1.69 bits per heavy atom. The topological polar surface area (TPSA) is 101 Å². The van der Waals surface area contributed by atoms with Gasteiger partial charge >= 0.3 is 0 Å². The minimum absolute atomic E-state index is 0.00450. The summed E-state index contributed by atoms with van der Waals surface area (Å²) in [5.74, 6) is -0.168. The van der Waals surface area contributed by atoms with Gasteiger partial charge in [0.15, 0.2) is 11.5 Å². The van der Waals surface area contributed by atoms with E-state index in [1.165, 1.54) is 19.1 Å². The van der Waals surface area contributed by atoms with Gasteiger partial charge in [-0.2, -0.15) is 0 Å². The lowest BCUT2D eigenvalue weighted by Gasteiger charge is -2.25. The number of aliphatic hydroxyl groups excluding tert-OH is 1. The number of carbonyl (C=O) groups is 2. The molecule has 0 saturated carbocycles. The molecule has 1 atom stereocenters. The number of hydrogen-bond donors (Lipinski definition) is 2. The number of aromatic nitrogens is 1. The highest BCUT2D eigenvalue weighted by Gasteiger charge is 2.46. The molecule has 0 radical (unpaired) electrons. The number of nitrogens with one attached hydrogen (secondary N) is 1. The van der Waals surface area contributed by atoms with E-state index >= 15 is 0 Å². The van der Waals surface area contributed by atoms with Crippen LogP contribution in [0.4, 0.5) is 0 Å². The van der Waals surface area contributed by atoms with Crippen molar-refractivity contribution in [3.8, 4) is 17.2 Å². The number of amides is 1. The molecule has 1 aliphatic heterocycles. The number of ketones is 1. The van der Waals surface area contributed by atoms with Gasteiger partial charge in [0, 0.05) is 34.2 Å². The lowest BCUT2D eigenvalue weighted by atomic mass is 9.95. The number of fused-ring (bicyclic) bond motifs is 1. The molecule has 0 spiro atoms. The molecule has 8 nitrogen and oxygen atoms in total. The van der Waals surface area contributed by atoms with Gasteiger partial charge in [0.25, 0.3) is 11.7 Å². The van der Waals surface area contributed by atoms with Gasteiger partial charge in [-0.05, 0) is 66.1 Å². The van der Waals surface area contributed by atoms with Crippen LogP contribution in [0, 0.1) is 0 Å². The van der Waals surface area contributed by atoms with Crippen molar-refractivity contribution in [2.75, 3.05) is 27.9 Å². The van der Waals surface area contributed by atoms with E-state index in [9.17, 15) is 14.7 Å². The number of aromatic amines is 1. The molecular formula is C30H27ClN2O6. The number of aliphatic hydroxyl groups is 1. The Morgan fingerprint density at radius 1 is 0.949 bits per heavy atom. The molecule has 1 fully saturated rings. The number of carbonyl (C=O) groups excluding carboxylic acids is 2. The molecule has 4 aromatic rings. The summed E-state index contributed by atoms with van der Waals surface area (Å²) < 4.78 is 16.0. The normalized spacial score (nSPS) is 16.6. The zero-order valence-corrected chi connectivity index (χ0v) is 22.4. The minimum Gasteiger partial charge on any atom is -0.507 e. The second-order valence-electron chi connectivity index (χ2n) is 9.09. The standard InChI is InChI=1S/C30H27ClN2O6/c1-37-21-9-10-23-22(15-21)19(16-32-23)12-13-33-27(17-4-7-20(31)8-5-17)26(29(35)30(33)36)28(34)18-6-11-24(38-2)25(14-18)39-3/h4-11,14-16,27,32,34H,12-13H2,1-3H3/t27-/m1/s1. The maximum Gasteiger partial charge on any atom is 0.295 e. The van der Waals surface area contributed by atoms with Crippen molar-refractivity contribution in [1.82, 2.24) is 9.88 Å². The van der Waals surface area contributed by atoms with E-state index in [-0.39, 0.29) is 17.9 Å². The van der Waals surface area contributed by atoms with E-state index in [4.69, 9.17) is 25.8 Å². The van der Waals surface area contributed by atoms with Crippen LogP contribution in [0.25, 0.3) is 16.7 Å². The number of hydrogen-bond acceptors (Lipinski definition) is 6. The fourth-order valence-corrected chi connectivity index (χ4v) is 5.10. The highest BCUT2D eigenvalue weighted by molar-refractivity contribution is 6.46. The number of halogens is 1. The maximum absolute atomic E-state index is 13.4. The van der Waals surface area contributed by atoms with Crippen LogP contribution in [-0.4, -0.2) is 54.6 Å². The molecule has 1 amide bonds. The lowest BCUT2D eigenvalue weighted by molar-refractivity contribution is -0.139. The number of H-pyrrole nitrogens is 1. The number of ether oxygens (including phenoxy) is 3. The summed E-state index contributed by atoms with van der Waals surface area (Å²) in [7, 11) is 4.60. The Bertz CT molecular complexity index is 1590. The molecule has 200 valence electrons. The minimum atomic E-state index is -0.810. The van der Waals surface area contributed by atoms with Gasteiger partial charge in [-0.1, -0.05) is 23.7 Å². The molecule has 0 unspecified atom stereocenters. The van der Waals surface area contributed by atoms with E-state index in [1.54, 1.807) is 49.6 Å². The summed E-state index contributed by atoms with van der Waals surface area (Å²) in [5, 5.41) is 12.9. The molecule has 5 rings (SSSR count). The average Bonchev–Trinajstić information content (AvgIpc) is 3.48. The molecule has 3 aromatic carbocycles. The number of likely N-dealkylation sites (tertiary alicyclic amines) is 1. The van der Waals surface area contributed by atoms with Crippen molar-refractivity contribution in [3.05, 3.63) is 94.1 Å². The summed E-state index contributed by atoms with van der Waals surface area (Å²) >= 11 is 6.13. The van der Waals surface area contributed by atoms with Crippen LogP contribution in [0.5, 0.6) is 17.2 Å². The van der Waals surface area contributed by atoms with Crippen LogP contribution in [0.15, 0.2) is 72.4 Å². The molecule has 1 aliphatic rings. The van der Waals surface area contributed by atoms with Crippen molar-refractivity contribution in [2.24, 2.45) is 0 Å². The SMILES string of the molecule is COc1ccc2[nH]cc(CCN3C(=O)C(=O)C(=C(O)c4ccc(OC)c(OC)c4)[C@H]3c3ccc(Cl)cc3)c2c1. The molecule has 0 bridgehead atoms. The second kappa shape index (κ2) is 10.7. The van der Waals surface area contributed by atoms with Crippen LogP contribution in [-0.2, 0) is 16.0 Å². The number of nitrogens with zero attached hydrogens (tertiary/aromatic N) is 1. The summed E-state index contributed by atoms with van der Waals surface area (Å²) in [6.45, 7) is 0.241. The first-order valence-electron chi connectivity index (χ1n) is 12.3. The summed E-state index contributed by atoms with van der Waals surface area (Å²) in [5.41, 5.74) is 2.89. The van der Waals surface area contributed by atoms with Crippen LogP contribution in [0.1, 0.15) is 22.7 Å². The van der Waals surface area contributed by atoms with Crippen LogP contribution in [0.2, 0.25) is 5.02 Å². The van der Waals surface area contributed by atoms with E-state index in [1.807, 2.05) is 24.4 Å². The molecule has 9 heteroatoms. The Hall–Kier alpha value is -4.43. The largest absolute Gasteiger partial charge is 0.507 e. The Balaban J connectivity index is 1.56. The van der Waals surface area contributed by atoms with Crippen molar-refractivity contribution in [1.29, 1.82) is 0 Å². The van der Waals surface area contributed by atoms with Gasteiger partial charge < -0.3 is 29.2 Å². The van der Waals surface area contributed by atoms with E-state index < -0.39 is 17.7 Å². The highest BCUT2D eigenvalue weighted by atomic mass is 35.5. The van der Waals surface area contributed by atoms with Crippen molar-refractivity contribution in [2.45, 2.75) is 12.5 Å². The van der Waals surface area contributed by atoms with Crippen molar-refractivity contribution in [3.63, 3.8) is 0 Å². The average molecular weight is 547 g/mol. The van der Waals surface area contributed by atoms with Crippen LogP contribution >= 0.6 is 11.6 Å². The first-order valence-corrected chi connectivity index (χ1v) is 12.6. The molecule has 2 N–H and O–H groups in total. The first-order chi connectivity index (χ1) is 18.9. The third-order valence-electron chi connectivity index (χ3n) is 6.98. The Labute approximate surface area is 230 Å². The molecule has 2 heterocycles. The lowest BCUT2D eigenvalue weighted by Crippen LogP contribution is -2.31. The van der Waals surface area contributed by atoms with Crippen molar-refractivity contribution >= 4 is 40.0 Å². The van der Waals surface area contributed by atoms with E-state index in [2.05, 4.69) is 4.98 Å². The number of methoxy groups -OCH3 is 3. The Morgan fingerprint density at radius 3 is 2.38 bits per heavy atom. The zero-order valence-electron chi connectivity index (χ0n) is 21.7. The fourth-order valence-electron chi connectivity index (χ4n) is 4.97. The van der Waals surface area contributed by atoms with E-state index in [0.717, 1.165) is 22.2 Å². The highest BCUT2D eigenvalue weighted by Crippen LogP contribution is 2.41. The van der Waals surface area contributed by atoms with Gasteiger partial charge in [-0.15, -0.1) is 0 Å². The molecule has 1 saturated heterocycles. The summed E-state index contributed by atoms with van der Waals surface area (Å²) in [6, 6.07) is 16.6. The summed E-state index contributed by atoms with van der Waals surface area (Å²) in [4.78, 5) is 31.5. The van der Waals surface area contributed by atoms with Gasteiger partial charge in [0.05, 0.1) is 32.9 Å². The quantitative estimate of drug-likeness (QED) is 0.172. The maximum atomic E-state index is 13.4. The number of Topliss-reactive ketones (excluding diaryl/α,β-unsaturated/α-hetero) is 1. The molecule has 39 heavy (non-hydrogen) atoms. The van der Waals surface area contributed by atoms with Crippen LogP contribution in [0.3, 0.4) is 0 Å². The summed E-state index contributed by atoms with van der Waals surface area (Å²) in [6.07, 6.45) is 2.36. The van der Waals surface area contributed by atoms with Gasteiger partial charge in [0.1, 0.15) is 11.5 Å². The first kappa shape index (κ1) is 26.2. The predicted molar refractivity (Wildman–Crippen MR) is 149 cm³/mol. The fraction of sp³-hybridized carbons (Fsp3) is 0.200. The Kier molecular flexibility index (Phi) is 7.21. The van der Waals surface area contributed by atoms with Crippen LogP contribution < -0.4 is 14.2 Å². The van der Waals surface area contributed by atoms with Gasteiger partial charge in [-0.25, -0.2) is 0 Å². The number of rotatable bonds is 8. The van der Waals surface area contributed by atoms with E-state index in [0.29, 0.717) is 34.1 Å². The molecule has 0 aliphatic carbocycles. The molecule has 1 aromatic heterocycles. The number of benzene rings is 3. The third-order valence-corrected chi connectivity index (χ3v) is 7.23. The smallest absolute Gasteiger partial charge is 0.295 e. The monoisotopic (exact) mass is 546 g/mol. The third kappa shape index (κ3) is 4.79. The zero-order chi connectivity index (χ0) is 27.7. The molecular weight excluding hydrogens is 520 g/mol. The predicted octanol–water partition coefficient (Wildman–Crippen LogP) is 5.51.